The molecule has 1 unspecified atom stereocenters. The van der Waals surface area contributed by atoms with Crippen LogP contribution in [-0.2, 0) is 13.5 Å². The van der Waals surface area contributed by atoms with E-state index in [1.807, 2.05) is 29.8 Å². The van der Waals surface area contributed by atoms with Crippen molar-refractivity contribution in [1.29, 1.82) is 0 Å². The van der Waals surface area contributed by atoms with E-state index in [4.69, 9.17) is 11.6 Å². The Hall–Kier alpha value is -0.800. The van der Waals surface area contributed by atoms with Crippen molar-refractivity contribution in [2.75, 3.05) is 0 Å². The van der Waals surface area contributed by atoms with Crippen molar-refractivity contribution >= 4 is 27.5 Å². The van der Waals surface area contributed by atoms with E-state index in [0.29, 0.717) is 5.15 Å². The van der Waals surface area contributed by atoms with Gasteiger partial charge in [0.1, 0.15) is 11.0 Å². The molecule has 0 spiro atoms. The Bertz CT molecular complexity index is 467. The van der Waals surface area contributed by atoms with Gasteiger partial charge in [-0.2, -0.15) is 0 Å². The summed E-state index contributed by atoms with van der Waals surface area (Å²) in [4.78, 5) is 4.48. The standard InChI is InChI=1S/C12H12BrClN2/c1-16-11(14)8-15-12(16)10(13)7-9-5-3-2-4-6-9/h2-6,8,10H,7H2,1H3. The molecule has 2 aromatic rings. The van der Waals surface area contributed by atoms with E-state index in [2.05, 4.69) is 33.0 Å². The minimum absolute atomic E-state index is 0.187. The second-order valence-corrected chi connectivity index (χ2v) is 5.15. The molecule has 0 N–H and O–H groups in total. The van der Waals surface area contributed by atoms with Gasteiger partial charge in [-0.1, -0.05) is 57.9 Å². The van der Waals surface area contributed by atoms with Gasteiger partial charge < -0.3 is 4.57 Å². The van der Waals surface area contributed by atoms with Crippen molar-refractivity contribution in [1.82, 2.24) is 9.55 Å². The number of rotatable bonds is 3. The van der Waals surface area contributed by atoms with E-state index in [1.54, 1.807) is 6.20 Å². The van der Waals surface area contributed by atoms with Gasteiger partial charge in [0, 0.05) is 7.05 Å². The van der Waals surface area contributed by atoms with Crippen LogP contribution in [0.1, 0.15) is 16.2 Å². The van der Waals surface area contributed by atoms with Crippen molar-refractivity contribution < 1.29 is 0 Å². The Kier molecular flexibility index (Phi) is 3.66. The Morgan fingerprint density at radius 1 is 1.38 bits per heavy atom. The van der Waals surface area contributed by atoms with Gasteiger partial charge in [0.15, 0.2) is 0 Å². The number of aromatic nitrogens is 2. The predicted molar refractivity (Wildman–Crippen MR) is 70.0 cm³/mol. The summed E-state index contributed by atoms with van der Waals surface area (Å²) in [5.41, 5.74) is 1.28. The molecule has 1 aromatic carbocycles. The minimum atomic E-state index is 0.187. The van der Waals surface area contributed by atoms with Crippen LogP contribution in [0.2, 0.25) is 5.15 Å². The molecule has 0 aliphatic rings. The topological polar surface area (TPSA) is 17.8 Å². The summed E-state index contributed by atoms with van der Waals surface area (Å²) >= 11 is 9.60. The maximum absolute atomic E-state index is 5.96. The van der Waals surface area contributed by atoms with Gasteiger partial charge in [-0.25, -0.2) is 4.98 Å². The molecule has 0 saturated carbocycles. The van der Waals surface area contributed by atoms with Crippen molar-refractivity contribution in [3.63, 3.8) is 0 Å². The predicted octanol–water partition coefficient (Wildman–Crippen LogP) is 3.75. The summed E-state index contributed by atoms with van der Waals surface area (Å²) in [6, 6.07) is 10.3. The molecule has 2 nitrogen and oxygen atoms in total. The van der Waals surface area contributed by atoms with E-state index in [1.165, 1.54) is 5.56 Å². The lowest BCUT2D eigenvalue weighted by Gasteiger charge is -2.10. The second-order valence-electron chi connectivity index (χ2n) is 3.66. The highest BCUT2D eigenvalue weighted by molar-refractivity contribution is 9.09. The van der Waals surface area contributed by atoms with Crippen molar-refractivity contribution in [3.8, 4) is 0 Å². The third kappa shape index (κ3) is 2.47. The van der Waals surface area contributed by atoms with Crippen LogP contribution in [0.5, 0.6) is 0 Å². The van der Waals surface area contributed by atoms with Gasteiger partial charge >= 0.3 is 0 Å². The van der Waals surface area contributed by atoms with Crippen LogP contribution >= 0.6 is 27.5 Å². The highest BCUT2D eigenvalue weighted by Crippen LogP contribution is 2.27. The van der Waals surface area contributed by atoms with Crippen LogP contribution in [0, 0.1) is 0 Å². The molecule has 0 fully saturated rings. The third-order valence-corrected chi connectivity index (χ3v) is 3.59. The summed E-state index contributed by atoms with van der Waals surface area (Å²) in [7, 11) is 1.92. The van der Waals surface area contributed by atoms with Crippen LogP contribution in [0.15, 0.2) is 36.5 Å². The van der Waals surface area contributed by atoms with Crippen LogP contribution in [-0.4, -0.2) is 9.55 Å². The molecule has 0 aliphatic carbocycles. The lowest BCUT2D eigenvalue weighted by Crippen LogP contribution is -2.03. The monoisotopic (exact) mass is 298 g/mol. The zero-order valence-electron chi connectivity index (χ0n) is 8.90. The molecule has 4 heteroatoms. The fourth-order valence-corrected chi connectivity index (χ4v) is 2.54. The Labute approximate surface area is 108 Å². The molecule has 16 heavy (non-hydrogen) atoms. The van der Waals surface area contributed by atoms with Gasteiger partial charge in [0.25, 0.3) is 0 Å². The van der Waals surface area contributed by atoms with Crippen LogP contribution < -0.4 is 0 Å². The van der Waals surface area contributed by atoms with Crippen LogP contribution in [0.4, 0.5) is 0 Å². The number of halogens is 2. The smallest absolute Gasteiger partial charge is 0.128 e. The first kappa shape index (κ1) is 11.7. The zero-order valence-corrected chi connectivity index (χ0v) is 11.2. The van der Waals surface area contributed by atoms with Crippen molar-refractivity contribution in [2.24, 2.45) is 7.05 Å². The summed E-state index contributed by atoms with van der Waals surface area (Å²) in [6.45, 7) is 0. The zero-order chi connectivity index (χ0) is 11.5. The highest BCUT2D eigenvalue weighted by Gasteiger charge is 2.14. The first-order chi connectivity index (χ1) is 7.68. The maximum Gasteiger partial charge on any atom is 0.128 e. The molecule has 1 heterocycles. The van der Waals surface area contributed by atoms with Gasteiger partial charge in [-0.15, -0.1) is 0 Å². The number of nitrogens with zero attached hydrogens (tertiary/aromatic N) is 2. The molecule has 2 rings (SSSR count). The Balaban J connectivity index is 2.15. The molecule has 0 amide bonds. The van der Waals surface area contributed by atoms with Crippen LogP contribution in [0.3, 0.4) is 0 Å². The largest absolute Gasteiger partial charge is 0.321 e. The van der Waals surface area contributed by atoms with Crippen molar-refractivity contribution in [2.45, 2.75) is 11.2 Å². The normalized spacial score (nSPS) is 12.7. The fraction of sp³-hybridized carbons (Fsp3) is 0.250. The summed E-state index contributed by atoms with van der Waals surface area (Å²) in [5.74, 6) is 0.953. The van der Waals surface area contributed by atoms with Crippen LogP contribution in [0.25, 0.3) is 0 Å². The maximum atomic E-state index is 5.96. The summed E-state index contributed by atoms with van der Waals surface area (Å²) in [5, 5.41) is 0.660. The van der Waals surface area contributed by atoms with Gasteiger partial charge in [0.05, 0.1) is 11.0 Å². The van der Waals surface area contributed by atoms with E-state index in [9.17, 15) is 0 Å². The first-order valence-electron chi connectivity index (χ1n) is 5.03. The Morgan fingerprint density at radius 3 is 2.62 bits per heavy atom. The average Bonchev–Trinajstić information content (AvgIpc) is 2.61. The highest BCUT2D eigenvalue weighted by atomic mass is 79.9. The van der Waals surface area contributed by atoms with Gasteiger partial charge in [-0.3, -0.25) is 0 Å². The molecule has 84 valence electrons. The quantitative estimate of drug-likeness (QED) is 0.789. The molecule has 0 saturated heterocycles. The minimum Gasteiger partial charge on any atom is -0.321 e. The number of hydrogen-bond donors (Lipinski definition) is 0. The lowest BCUT2D eigenvalue weighted by molar-refractivity contribution is 0.766. The van der Waals surface area contributed by atoms with E-state index in [0.717, 1.165) is 12.2 Å². The number of imidazole rings is 1. The second kappa shape index (κ2) is 5.02. The lowest BCUT2D eigenvalue weighted by atomic mass is 10.1. The molecule has 0 radical (unpaired) electrons. The fourth-order valence-electron chi connectivity index (χ4n) is 1.61. The average molecular weight is 300 g/mol. The third-order valence-electron chi connectivity index (χ3n) is 2.51. The molecule has 0 bridgehead atoms. The molecular formula is C12H12BrClN2. The molecule has 1 aromatic heterocycles. The van der Waals surface area contributed by atoms with Crippen molar-refractivity contribution in [3.05, 3.63) is 53.1 Å². The van der Waals surface area contributed by atoms with Gasteiger partial charge in [0.2, 0.25) is 0 Å². The number of hydrogen-bond acceptors (Lipinski definition) is 1. The summed E-state index contributed by atoms with van der Waals surface area (Å²) in [6.07, 6.45) is 2.58. The summed E-state index contributed by atoms with van der Waals surface area (Å²) < 4.78 is 1.89. The molecule has 1 atom stereocenters. The van der Waals surface area contributed by atoms with E-state index >= 15 is 0 Å². The van der Waals surface area contributed by atoms with E-state index in [-0.39, 0.29) is 4.83 Å². The molecular weight excluding hydrogens is 288 g/mol. The van der Waals surface area contributed by atoms with Gasteiger partial charge in [-0.05, 0) is 12.0 Å². The number of benzene rings is 1. The first-order valence-corrected chi connectivity index (χ1v) is 6.33. The SMILES string of the molecule is Cn1c(Cl)cnc1C(Br)Cc1ccccc1. The Morgan fingerprint density at radius 2 is 2.06 bits per heavy atom. The molecule has 0 aliphatic heterocycles. The number of alkyl halides is 1. The van der Waals surface area contributed by atoms with E-state index < -0.39 is 0 Å².